The van der Waals surface area contributed by atoms with Gasteiger partial charge in [-0.1, -0.05) is 35.4 Å². The van der Waals surface area contributed by atoms with E-state index in [1.807, 2.05) is 0 Å². The van der Waals surface area contributed by atoms with Gasteiger partial charge >= 0.3 is 0 Å². The molecule has 0 saturated carbocycles. The fourth-order valence-corrected chi connectivity index (χ4v) is 2.17. The Bertz CT molecular complexity index is 416. The van der Waals surface area contributed by atoms with Crippen LogP contribution in [0.5, 0.6) is 0 Å². The van der Waals surface area contributed by atoms with E-state index in [-0.39, 0.29) is 0 Å². The zero-order chi connectivity index (χ0) is 11.5. The molecular weight excluding hydrogens is 243 g/mol. The van der Waals surface area contributed by atoms with Gasteiger partial charge in [0.15, 0.2) is 0 Å². The molecule has 1 aliphatic rings. The monoisotopic (exact) mass is 256 g/mol. The molecular formula is C12H14Cl2N2. The second-order valence-electron chi connectivity index (χ2n) is 3.98. The first-order valence-electron chi connectivity index (χ1n) is 5.33. The minimum absolute atomic E-state index is 0.435. The van der Waals surface area contributed by atoms with Crippen molar-refractivity contribution >= 4 is 34.6 Å². The molecule has 1 aromatic rings. The fraction of sp³-hybridized carbons (Fsp3) is 0.333. The lowest BCUT2D eigenvalue weighted by atomic mass is 10.0. The van der Waals surface area contributed by atoms with Crippen molar-refractivity contribution in [3.63, 3.8) is 0 Å². The summed E-state index contributed by atoms with van der Waals surface area (Å²) in [5.41, 5.74) is 7.40. The molecule has 2 rings (SSSR count). The van der Waals surface area contributed by atoms with Crippen LogP contribution >= 0.6 is 23.2 Å². The number of allylic oxidation sites excluding steroid dienone is 1. The van der Waals surface area contributed by atoms with E-state index in [2.05, 4.69) is 17.5 Å². The van der Waals surface area contributed by atoms with Crippen molar-refractivity contribution in [2.75, 3.05) is 11.1 Å². The smallest absolute Gasteiger partial charge is 0.0614 e. The second-order valence-corrected chi connectivity index (χ2v) is 4.79. The molecule has 0 fully saturated rings. The summed E-state index contributed by atoms with van der Waals surface area (Å²) in [7, 11) is 0. The average molecular weight is 257 g/mol. The summed E-state index contributed by atoms with van der Waals surface area (Å²) in [6.45, 7) is 0. The first-order chi connectivity index (χ1) is 7.66. The van der Waals surface area contributed by atoms with Crippen LogP contribution in [0.2, 0.25) is 10.0 Å². The normalized spacial score (nSPS) is 19.8. The van der Waals surface area contributed by atoms with E-state index >= 15 is 0 Å². The predicted octanol–water partition coefficient (Wildman–Crippen LogP) is 4.10. The number of anilines is 2. The minimum Gasteiger partial charge on any atom is -0.397 e. The summed E-state index contributed by atoms with van der Waals surface area (Å²) < 4.78 is 0. The van der Waals surface area contributed by atoms with Crippen LogP contribution in [-0.2, 0) is 0 Å². The first-order valence-corrected chi connectivity index (χ1v) is 6.08. The lowest BCUT2D eigenvalue weighted by Gasteiger charge is -2.22. The molecule has 3 N–H and O–H groups in total. The third kappa shape index (κ3) is 2.63. The van der Waals surface area contributed by atoms with Crippen molar-refractivity contribution in [3.8, 4) is 0 Å². The number of benzene rings is 1. The van der Waals surface area contributed by atoms with Crippen molar-refractivity contribution in [2.24, 2.45) is 0 Å². The van der Waals surface area contributed by atoms with Crippen molar-refractivity contribution in [2.45, 2.75) is 25.3 Å². The Morgan fingerprint density at radius 3 is 2.62 bits per heavy atom. The molecule has 0 spiro atoms. The Hall–Kier alpha value is -0.860. The van der Waals surface area contributed by atoms with Gasteiger partial charge in [-0.05, 0) is 31.4 Å². The van der Waals surface area contributed by atoms with Crippen LogP contribution in [0.3, 0.4) is 0 Å². The van der Waals surface area contributed by atoms with Crippen molar-refractivity contribution < 1.29 is 0 Å². The molecule has 86 valence electrons. The SMILES string of the molecule is Nc1cc(Cl)c(Cl)cc1NC1CC=CCC1. The third-order valence-corrected chi connectivity index (χ3v) is 3.44. The molecule has 1 unspecified atom stereocenters. The van der Waals surface area contributed by atoms with Crippen LogP contribution in [0.4, 0.5) is 11.4 Å². The first kappa shape index (κ1) is 11.6. The molecule has 0 amide bonds. The number of nitrogens with one attached hydrogen (secondary N) is 1. The number of nitrogen functional groups attached to an aromatic ring is 1. The number of rotatable bonds is 2. The molecule has 2 nitrogen and oxygen atoms in total. The summed E-state index contributed by atoms with van der Waals surface area (Å²) in [6.07, 6.45) is 7.65. The van der Waals surface area contributed by atoms with Gasteiger partial charge < -0.3 is 11.1 Å². The Kier molecular flexibility index (Phi) is 3.62. The van der Waals surface area contributed by atoms with Crippen LogP contribution in [0.25, 0.3) is 0 Å². The highest BCUT2D eigenvalue weighted by molar-refractivity contribution is 6.42. The molecule has 0 bridgehead atoms. The number of nitrogens with two attached hydrogens (primary N) is 1. The largest absolute Gasteiger partial charge is 0.397 e. The van der Waals surface area contributed by atoms with E-state index < -0.39 is 0 Å². The highest BCUT2D eigenvalue weighted by Gasteiger charge is 2.12. The van der Waals surface area contributed by atoms with Crippen LogP contribution in [0, 0.1) is 0 Å². The molecule has 1 aromatic carbocycles. The van der Waals surface area contributed by atoms with Crippen LogP contribution in [-0.4, -0.2) is 6.04 Å². The van der Waals surface area contributed by atoms with Crippen LogP contribution in [0.15, 0.2) is 24.3 Å². The average Bonchev–Trinajstić information content (AvgIpc) is 2.27. The standard InChI is InChI=1S/C12H14Cl2N2/c13-9-6-11(15)12(7-10(9)14)16-8-4-2-1-3-5-8/h1-2,6-8,16H,3-5,15H2. The molecule has 4 heteroatoms. The lowest BCUT2D eigenvalue weighted by Crippen LogP contribution is -2.20. The van der Waals surface area contributed by atoms with Gasteiger partial charge in [-0.3, -0.25) is 0 Å². The molecule has 0 aliphatic heterocycles. The van der Waals surface area contributed by atoms with E-state index in [4.69, 9.17) is 28.9 Å². The summed E-state index contributed by atoms with van der Waals surface area (Å²) in [5.74, 6) is 0. The maximum Gasteiger partial charge on any atom is 0.0614 e. The van der Waals surface area contributed by atoms with Gasteiger partial charge in [0.1, 0.15) is 0 Å². The molecule has 0 radical (unpaired) electrons. The number of hydrogen-bond acceptors (Lipinski definition) is 2. The summed E-state index contributed by atoms with van der Waals surface area (Å²) in [5, 5.41) is 4.42. The quantitative estimate of drug-likeness (QED) is 0.618. The van der Waals surface area contributed by atoms with E-state index in [9.17, 15) is 0 Å². The molecule has 1 atom stereocenters. The fourth-order valence-electron chi connectivity index (χ4n) is 1.83. The predicted molar refractivity (Wildman–Crippen MR) is 71.3 cm³/mol. The Morgan fingerprint density at radius 1 is 1.19 bits per heavy atom. The minimum atomic E-state index is 0.435. The highest BCUT2D eigenvalue weighted by atomic mass is 35.5. The zero-order valence-corrected chi connectivity index (χ0v) is 10.4. The Balaban J connectivity index is 2.14. The van der Waals surface area contributed by atoms with Gasteiger partial charge in [0.2, 0.25) is 0 Å². The summed E-state index contributed by atoms with van der Waals surface area (Å²) in [6, 6.07) is 3.91. The molecule has 16 heavy (non-hydrogen) atoms. The van der Waals surface area contributed by atoms with E-state index in [0.29, 0.717) is 21.8 Å². The second kappa shape index (κ2) is 4.98. The maximum atomic E-state index is 5.96. The van der Waals surface area contributed by atoms with Gasteiger partial charge in [0.05, 0.1) is 21.4 Å². The van der Waals surface area contributed by atoms with Gasteiger partial charge in [0.25, 0.3) is 0 Å². The van der Waals surface area contributed by atoms with Gasteiger partial charge in [-0.25, -0.2) is 0 Å². The van der Waals surface area contributed by atoms with Crippen molar-refractivity contribution in [3.05, 3.63) is 34.3 Å². The van der Waals surface area contributed by atoms with Gasteiger partial charge in [0, 0.05) is 6.04 Å². The highest BCUT2D eigenvalue weighted by Crippen LogP contribution is 2.31. The van der Waals surface area contributed by atoms with E-state index in [1.165, 1.54) is 0 Å². The topological polar surface area (TPSA) is 38.0 Å². The maximum absolute atomic E-state index is 5.96. The van der Waals surface area contributed by atoms with Crippen LogP contribution < -0.4 is 11.1 Å². The number of halogens is 2. The van der Waals surface area contributed by atoms with E-state index in [0.717, 1.165) is 24.9 Å². The van der Waals surface area contributed by atoms with Gasteiger partial charge in [-0.2, -0.15) is 0 Å². The summed E-state index contributed by atoms with van der Waals surface area (Å²) in [4.78, 5) is 0. The lowest BCUT2D eigenvalue weighted by molar-refractivity contribution is 0.645. The van der Waals surface area contributed by atoms with E-state index in [1.54, 1.807) is 12.1 Å². The van der Waals surface area contributed by atoms with Crippen molar-refractivity contribution in [1.29, 1.82) is 0 Å². The van der Waals surface area contributed by atoms with Crippen LogP contribution in [0.1, 0.15) is 19.3 Å². The molecule has 0 heterocycles. The van der Waals surface area contributed by atoms with Gasteiger partial charge in [-0.15, -0.1) is 0 Å². The molecule has 0 saturated heterocycles. The molecule has 0 aromatic heterocycles. The summed E-state index contributed by atoms with van der Waals surface area (Å²) >= 11 is 11.8. The number of hydrogen-bond donors (Lipinski definition) is 2. The Labute approximate surface area is 105 Å². The van der Waals surface area contributed by atoms with Crippen molar-refractivity contribution in [1.82, 2.24) is 0 Å². The third-order valence-electron chi connectivity index (χ3n) is 2.72. The Morgan fingerprint density at radius 2 is 1.94 bits per heavy atom. The molecule has 1 aliphatic carbocycles. The zero-order valence-electron chi connectivity index (χ0n) is 8.84.